The minimum absolute atomic E-state index is 0. The zero-order valence-corrected chi connectivity index (χ0v) is 39.5. The summed E-state index contributed by atoms with van der Waals surface area (Å²) in [6.45, 7) is 0. The molecule has 0 atom stereocenters. The van der Waals surface area contributed by atoms with Gasteiger partial charge in [-0.1, -0.05) is 0 Å². The first-order valence-electron chi connectivity index (χ1n) is 0. The summed E-state index contributed by atoms with van der Waals surface area (Å²) >= 11 is 0. The Hall–Kier alpha value is 10.5. The fourth-order valence-electron chi connectivity index (χ4n) is 0. The van der Waals surface area contributed by atoms with Crippen LogP contribution in [0.4, 0.5) is 0 Å². The first kappa shape index (κ1) is 352. The molecule has 26 N–H and O–H groups in total. The molecule has 0 aromatic heterocycles. The normalized spacial score (nSPS) is 0. The van der Waals surface area contributed by atoms with Gasteiger partial charge in [0.05, 0.1) is 0 Å². The standard InChI is InChI=1S/11Na.13H2O.11H/h;;;;;;;;;;;13*1H2;;;;;;;;;;;/q11*+1;;;;;;;;;;;;;;11*-1. The molecule has 24 heteroatoms. The summed E-state index contributed by atoms with van der Waals surface area (Å²) in [7, 11) is 0. The summed E-state index contributed by atoms with van der Waals surface area (Å²) in [5.74, 6) is 0. The monoisotopic (exact) mass is 498 g/mol. The van der Waals surface area contributed by atoms with E-state index in [0.29, 0.717) is 0 Å². The average molecular weight is 498 g/mol. The Labute approximate surface area is 401 Å². The van der Waals surface area contributed by atoms with Crippen LogP contribution in [0, 0.1) is 0 Å². The fourth-order valence-corrected chi connectivity index (χ4v) is 0. The molecule has 0 saturated heterocycles. The van der Waals surface area contributed by atoms with Crippen molar-refractivity contribution in [2.45, 2.75) is 0 Å². The zero-order valence-electron chi connectivity index (χ0n) is 28.5. The molecule has 0 aliphatic rings. The van der Waals surface area contributed by atoms with Gasteiger partial charge in [-0.05, 0) is 0 Å². The second-order valence-electron chi connectivity index (χ2n) is 0. The van der Waals surface area contributed by atoms with Gasteiger partial charge in [0.2, 0.25) is 0 Å². The van der Waals surface area contributed by atoms with Crippen molar-refractivity contribution in [3.05, 3.63) is 0 Å². The van der Waals surface area contributed by atoms with Gasteiger partial charge in [0, 0.05) is 0 Å². The molecule has 0 unspecified atom stereocenters. The summed E-state index contributed by atoms with van der Waals surface area (Å²) in [5, 5.41) is 0. The number of rotatable bonds is 0. The smallest absolute Gasteiger partial charge is 1.00 e. The molecule has 0 aliphatic heterocycles. The third-order valence-corrected chi connectivity index (χ3v) is 0. The van der Waals surface area contributed by atoms with E-state index in [-0.39, 0.29) is 412 Å². The molecule has 0 saturated carbocycles. The van der Waals surface area contributed by atoms with Gasteiger partial charge >= 0.3 is 325 Å². The fraction of sp³-hybridized carbons (Fsp3) is 0. The Morgan fingerprint density at radius 2 is 0.125 bits per heavy atom. The van der Waals surface area contributed by atoms with Gasteiger partial charge < -0.3 is 86.9 Å². The first-order valence-corrected chi connectivity index (χ1v) is 0. The molecule has 24 heavy (non-hydrogen) atoms. The van der Waals surface area contributed by atoms with E-state index in [0.717, 1.165) is 0 Å². The average Bonchev–Trinajstić information content (AvgIpc) is 0. The predicted octanol–water partition coefficient (Wildman–Crippen LogP) is -42.4. The second kappa shape index (κ2) is 322. The number of hydrogen-bond acceptors (Lipinski definition) is 0. The maximum Gasteiger partial charge on any atom is 1.00 e. The van der Waals surface area contributed by atoms with Crippen molar-refractivity contribution in [1.29, 1.82) is 0 Å². The molecule has 0 amide bonds. The maximum atomic E-state index is 0. The van der Waals surface area contributed by atoms with Crippen LogP contribution in [0.2, 0.25) is 0 Å². The summed E-state index contributed by atoms with van der Waals surface area (Å²) in [6, 6.07) is 0. The first-order chi connectivity index (χ1) is 0. The molecule has 126 valence electrons. The molecule has 13 nitrogen and oxygen atoms in total. The van der Waals surface area contributed by atoms with Crippen molar-refractivity contribution in [3.63, 3.8) is 0 Å². The van der Waals surface area contributed by atoms with Crippen LogP contribution in [0.15, 0.2) is 0 Å². The van der Waals surface area contributed by atoms with Crippen molar-refractivity contribution in [2.75, 3.05) is 0 Å². The Morgan fingerprint density at radius 3 is 0.125 bits per heavy atom. The third kappa shape index (κ3) is 293. The van der Waals surface area contributed by atoms with Crippen molar-refractivity contribution < 1.29 is 412 Å². The molecule has 0 spiro atoms. The summed E-state index contributed by atoms with van der Waals surface area (Å²) in [6.07, 6.45) is 0. The minimum atomic E-state index is 0. The summed E-state index contributed by atoms with van der Waals surface area (Å²) in [5.41, 5.74) is 0. The van der Waals surface area contributed by atoms with Crippen LogP contribution in [0.5, 0.6) is 0 Å². The molecular formula is H37Na11O13. The van der Waals surface area contributed by atoms with Gasteiger partial charge in [0.1, 0.15) is 0 Å². The molecular weight excluding hydrogens is 461 g/mol. The minimum Gasteiger partial charge on any atom is -1.00 e. The van der Waals surface area contributed by atoms with Crippen molar-refractivity contribution in [2.24, 2.45) is 0 Å². The zero-order chi connectivity index (χ0) is 0. The van der Waals surface area contributed by atoms with E-state index in [9.17, 15) is 0 Å². The van der Waals surface area contributed by atoms with Crippen LogP contribution in [0.3, 0.4) is 0 Å². The van der Waals surface area contributed by atoms with Gasteiger partial charge in [-0.15, -0.1) is 0 Å². The maximum absolute atomic E-state index is 0. The number of hydrogen-bond donors (Lipinski definition) is 0. The van der Waals surface area contributed by atoms with Crippen LogP contribution in [0.25, 0.3) is 0 Å². The molecule has 0 aromatic rings. The van der Waals surface area contributed by atoms with Gasteiger partial charge in [-0.2, -0.15) is 0 Å². The Morgan fingerprint density at radius 1 is 0.125 bits per heavy atom. The largest absolute Gasteiger partial charge is 1.00 e. The molecule has 0 bridgehead atoms. The Bertz CT molecular complexity index is 55.3. The molecule has 0 aliphatic carbocycles. The Kier molecular flexibility index (Phi) is 4720. The SMILES string of the molecule is O.O.O.O.O.O.O.O.O.O.O.O.O.[H-].[H-].[H-].[H-].[H-].[H-].[H-].[H-].[H-].[H-].[H-].[Na+].[Na+].[Na+].[Na+].[Na+].[Na+].[Na+].[Na+].[Na+].[Na+].[Na+]. The second-order valence-corrected chi connectivity index (χ2v) is 0. The third-order valence-electron chi connectivity index (χ3n) is 0. The summed E-state index contributed by atoms with van der Waals surface area (Å²) in [4.78, 5) is 0. The topological polar surface area (TPSA) is 410 Å². The van der Waals surface area contributed by atoms with Crippen molar-refractivity contribution in [3.8, 4) is 0 Å². The van der Waals surface area contributed by atoms with Crippen LogP contribution in [-0.2, 0) is 0 Å². The molecule has 0 rings (SSSR count). The molecule has 0 aromatic carbocycles. The van der Waals surface area contributed by atoms with Crippen LogP contribution in [0.1, 0.15) is 15.7 Å². The van der Waals surface area contributed by atoms with E-state index in [4.69, 9.17) is 0 Å². The van der Waals surface area contributed by atoms with E-state index in [1.54, 1.807) is 0 Å². The predicted molar refractivity (Wildman–Crippen MR) is 59.2 cm³/mol. The van der Waals surface area contributed by atoms with Gasteiger partial charge in [-0.3, -0.25) is 0 Å². The van der Waals surface area contributed by atoms with Gasteiger partial charge in [0.15, 0.2) is 0 Å². The van der Waals surface area contributed by atoms with Gasteiger partial charge in [-0.25, -0.2) is 0 Å². The molecule has 0 fully saturated rings. The van der Waals surface area contributed by atoms with E-state index < -0.39 is 0 Å². The summed E-state index contributed by atoms with van der Waals surface area (Å²) < 4.78 is 0. The molecule has 0 radical (unpaired) electrons. The quantitative estimate of drug-likeness (QED) is 0.281. The van der Waals surface area contributed by atoms with E-state index >= 15 is 0 Å². The Balaban J connectivity index is 0. The van der Waals surface area contributed by atoms with Crippen LogP contribution < -0.4 is 325 Å². The van der Waals surface area contributed by atoms with Crippen LogP contribution >= 0.6 is 0 Å². The van der Waals surface area contributed by atoms with Crippen molar-refractivity contribution in [1.82, 2.24) is 0 Å². The molecule has 0 heterocycles. The van der Waals surface area contributed by atoms with E-state index in [1.807, 2.05) is 0 Å². The van der Waals surface area contributed by atoms with Crippen LogP contribution in [-0.4, -0.2) is 71.2 Å². The van der Waals surface area contributed by atoms with Gasteiger partial charge in [0.25, 0.3) is 0 Å². The van der Waals surface area contributed by atoms with E-state index in [2.05, 4.69) is 0 Å². The van der Waals surface area contributed by atoms with E-state index in [1.165, 1.54) is 0 Å². The van der Waals surface area contributed by atoms with Crippen molar-refractivity contribution >= 4 is 0 Å².